The van der Waals surface area contributed by atoms with E-state index in [0.29, 0.717) is 18.6 Å². The SMILES string of the molecule is CC(C)(C)OC(=O)Cc1ccc(C(=O)N[C@H]2CCOC2=O)cc1. The predicted octanol–water partition coefficient (Wildman–Crippen LogP) is 1.62. The third kappa shape index (κ3) is 5.09. The molecule has 1 saturated heterocycles. The van der Waals surface area contributed by atoms with Gasteiger partial charge < -0.3 is 14.8 Å². The van der Waals surface area contributed by atoms with Gasteiger partial charge in [-0.15, -0.1) is 0 Å². The number of amides is 1. The summed E-state index contributed by atoms with van der Waals surface area (Å²) in [5, 5.41) is 2.63. The van der Waals surface area contributed by atoms with Gasteiger partial charge in [-0.2, -0.15) is 0 Å². The Morgan fingerprint density at radius 1 is 1.26 bits per heavy atom. The maximum absolute atomic E-state index is 12.1. The summed E-state index contributed by atoms with van der Waals surface area (Å²) in [4.78, 5) is 35.2. The number of carbonyl (C=O) groups is 3. The molecule has 0 spiro atoms. The van der Waals surface area contributed by atoms with Crippen LogP contribution >= 0.6 is 0 Å². The van der Waals surface area contributed by atoms with E-state index in [0.717, 1.165) is 5.56 Å². The van der Waals surface area contributed by atoms with Crippen molar-refractivity contribution in [3.63, 3.8) is 0 Å². The molecular weight excluding hydrogens is 298 g/mol. The molecular formula is C17H21NO5. The highest BCUT2D eigenvalue weighted by Gasteiger charge is 2.28. The van der Waals surface area contributed by atoms with Gasteiger partial charge in [0.1, 0.15) is 11.6 Å². The summed E-state index contributed by atoms with van der Waals surface area (Å²) in [5.74, 6) is -1.05. The summed E-state index contributed by atoms with van der Waals surface area (Å²) in [6.45, 7) is 5.77. The zero-order chi connectivity index (χ0) is 17.0. The molecule has 1 heterocycles. The predicted molar refractivity (Wildman–Crippen MR) is 82.8 cm³/mol. The Kier molecular flexibility index (Phi) is 5.03. The minimum absolute atomic E-state index is 0.147. The van der Waals surface area contributed by atoms with Crippen LogP contribution in [0.2, 0.25) is 0 Å². The zero-order valence-corrected chi connectivity index (χ0v) is 13.5. The summed E-state index contributed by atoms with van der Waals surface area (Å²) in [7, 11) is 0. The Labute approximate surface area is 135 Å². The molecule has 0 aliphatic carbocycles. The summed E-state index contributed by atoms with van der Waals surface area (Å²) in [6.07, 6.45) is 0.634. The Hall–Kier alpha value is -2.37. The van der Waals surface area contributed by atoms with E-state index < -0.39 is 17.6 Å². The van der Waals surface area contributed by atoms with Crippen LogP contribution in [0.3, 0.4) is 0 Å². The number of nitrogens with one attached hydrogen (secondary N) is 1. The van der Waals surface area contributed by atoms with Gasteiger partial charge in [-0.25, -0.2) is 4.79 Å². The average molecular weight is 319 g/mol. The van der Waals surface area contributed by atoms with Gasteiger partial charge >= 0.3 is 11.9 Å². The molecule has 6 nitrogen and oxygen atoms in total. The van der Waals surface area contributed by atoms with Crippen molar-refractivity contribution in [3.05, 3.63) is 35.4 Å². The molecule has 1 aliphatic heterocycles. The first-order valence-corrected chi connectivity index (χ1v) is 7.53. The van der Waals surface area contributed by atoms with Gasteiger partial charge in [0.2, 0.25) is 0 Å². The molecule has 2 rings (SSSR count). The number of rotatable bonds is 4. The Balaban J connectivity index is 1.92. The van der Waals surface area contributed by atoms with Gasteiger partial charge in [-0.1, -0.05) is 12.1 Å². The number of ether oxygens (including phenoxy) is 2. The largest absolute Gasteiger partial charge is 0.464 e. The van der Waals surface area contributed by atoms with Crippen molar-refractivity contribution in [2.75, 3.05) is 6.61 Å². The first-order valence-electron chi connectivity index (χ1n) is 7.53. The lowest BCUT2D eigenvalue weighted by molar-refractivity contribution is -0.154. The van der Waals surface area contributed by atoms with Crippen LogP contribution in [0.25, 0.3) is 0 Å². The van der Waals surface area contributed by atoms with E-state index >= 15 is 0 Å². The van der Waals surface area contributed by atoms with Crippen LogP contribution in [0.4, 0.5) is 0 Å². The van der Waals surface area contributed by atoms with Crippen molar-refractivity contribution >= 4 is 17.8 Å². The highest BCUT2D eigenvalue weighted by Crippen LogP contribution is 2.12. The number of hydrogen-bond acceptors (Lipinski definition) is 5. The van der Waals surface area contributed by atoms with E-state index in [2.05, 4.69) is 5.32 Å². The molecule has 1 aromatic carbocycles. The maximum atomic E-state index is 12.1. The second-order valence-electron chi connectivity index (χ2n) is 6.44. The number of benzene rings is 1. The molecule has 1 atom stereocenters. The second kappa shape index (κ2) is 6.81. The third-order valence-electron chi connectivity index (χ3n) is 3.23. The van der Waals surface area contributed by atoms with E-state index in [1.807, 2.05) is 20.8 Å². The molecule has 0 unspecified atom stereocenters. The van der Waals surface area contributed by atoms with Gasteiger partial charge in [0.05, 0.1) is 13.0 Å². The lowest BCUT2D eigenvalue weighted by Crippen LogP contribution is -2.37. The van der Waals surface area contributed by atoms with Gasteiger partial charge in [-0.05, 0) is 38.5 Å². The van der Waals surface area contributed by atoms with Gasteiger partial charge in [0, 0.05) is 12.0 Å². The lowest BCUT2D eigenvalue weighted by Gasteiger charge is -2.19. The highest BCUT2D eigenvalue weighted by atomic mass is 16.6. The summed E-state index contributed by atoms with van der Waals surface area (Å²) >= 11 is 0. The number of carbonyl (C=O) groups excluding carboxylic acids is 3. The molecule has 1 aliphatic rings. The van der Waals surface area contributed by atoms with Crippen molar-refractivity contribution in [2.24, 2.45) is 0 Å². The molecule has 1 aromatic rings. The van der Waals surface area contributed by atoms with Crippen molar-refractivity contribution in [3.8, 4) is 0 Å². The minimum Gasteiger partial charge on any atom is -0.464 e. The summed E-state index contributed by atoms with van der Waals surface area (Å²) < 4.78 is 10.1. The lowest BCUT2D eigenvalue weighted by atomic mass is 10.1. The quantitative estimate of drug-likeness (QED) is 0.853. The van der Waals surface area contributed by atoms with E-state index in [1.54, 1.807) is 24.3 Å². The van der Waals surface area contributed by atoms with E-state index in [1.165, 1.54) is 0 Å². The summed E-state index contributed by atoms with van der Waals surface area (Å²) in [5.41, 5.74) is 0.668. The summed E-state index contributed by atoms with van der Waals surface area (Å²) in [6, 6.07) is 6.06. The Morgan fingerprint density at radius 3 is 2.43 bits per heavy atom. The fourth-order valence-corrected chi connectivity index (χ4v) is 2.19. The van der Waals surface area contributed by atoms with Crippen LogP contribution in [0.1, 0.15) is 43.1 Å². The first kappa shape index (κ1) is 17.0. The average Bonchev–Trinajstić information content (AvgIpc) is 2.83. The van der Waals surface area contributed by atoms with Crippen molar-refractivity contribution in [2.45, 2.75) is 45.3 Å². The number of esters is 2. The van der Waals surface area contributed by atoms with Crippen LogP contribution < -0.4 is 5.32 Å². The van der Waals surface area contributed by atoms with Crippen molar-refractivity contribution in [1.29, 1.82) is 0 Å². The monoisotopic (exact) mass is 319 g/mol. The first-order chi connectivity index (χ1) is 10.7. The third-order valence-corrected chi connectivity index (χ3v) is 3.23. The van der Waals surface area contributed by atoms with Crippen LogP contribution in [-0.4, -0.2) is 36.1 Å². The van der Waals surface area contributed by atoms with Gasteiger partial charge in [0.25, 0.3) is 5.91 Å². The molecule has 6 heteroatoms. The van der Waals surface area contributed by atoms with E-state index in [-0.39, 0.29) is 18.3 Å². The Bertz CT molecular complexity index is 600. The molecule has 0 bridgehead atoms. The number of hydrogen-bond donors (Lipinski definition) is 1. The topological polar surface area (TPSA) is 81.7 Å². The number of cyclic esters (lactones) is 1. The van der Waals surface area contributed by atoms with Crippen LogP contribution in [-0.2, 0) is 25.5 Å². The highest BCUT2D eigenvalue weighted by molar-refractivity contribution is 5.97. The van der Waals surface area contributed by atoms with Crippen LogP contribution in [0.15, 0.2) is 24.3 Å². The molecule has 23 heavy (non-hydrogen) atoms. The smallest absolute Gasteiger partial charge is 0.328 e. The molecule has 0 aromatic heterocycles. The molecule has 0 saturated carbocycles. The second-order valence-corrected chi connectivity index (χ2v) is 6.44. The van der Waals surface area contributed by atoms with E-state index in [9.17, 15) is 14.4 Å². The van der Waals surface area contributed by atoms with Crippen molar-refractivity contribution < 1.29 is 23.9 Å². The van der Waals surface area contributed by atoms with Crippen LogP contribution in [0.5, 0.6) is 0 Å². The normalized spacial score (nSPS) is 17.5. The fraction of sp³-hybridized carbons (Fsp3) is 0.471. The molecule has 1 fully saturated rings. The van der Waals surface area contributed by atoms with Crippen molar-refractivity contribution in [1.82, 2.24) is 5.32 Å². The maximum Gasteiger partial charge on any atom is 0.328 e. The van der Waals surface area contributed by atoms with Gasteiger partial charge in [0.15, 0.2) is 0 Å². The van der Waals surface area contributed by atoms with E-state index in [4.69, 9.17) is 9.47 Å². The fourth-order valence-electron chi connectivity index (χ4n) is 2.19. The minimum atomic E-state index is -0.580. The molecule has 124 valence electrons. The standard InChI is InChI=1S/C17H21NO5/c1-17(2,3)23-14(19)10-11-4-6-12(7-5-11)15(20)18-13-8-9-22-16(13)21/h4-7,13H,8-10H2,1-3H3,(H,18,20)/t13-/m0/s1. The molecule has 1 amide bonds. The molecule has 1 N–H and O–H groups in total. The Morgan fingerprint density at radius 2 is 1.91 bits per heavy atom. The van der Waals surface area contributed by atoms with Crippen LogP contribution in [0, 0.1) is 0 Å². The van der Waals surface area contributed by atoms with Gasteiger partial charge in [-0.3, -0.25) is 9.59 Å². The zero-order valence-electron chi connectivity index (χ0n) is 13.5. The molecule has 0 radical (unpaired) electrons.